The van der Waals surface area contributed by atoms with Crippen LogP contribution in [0, 0.1) is 0 Å². The average molecular weight is 306 g/mol. The van der Waals surface area contributed by atoms with Crippen molar-refractivity contribution in [3.05, 3.63) is 12.2 Å². The Kier molecular flexibility index (Phi) is 11.4. The van der Waals surface area contributed by atoms with E-state index in [1.807, 2.05) is 6.92 Å². The summed E-state index contributed by atoms with van der Waals surface area (Å²) in [4.78, 5) is 21.8. The van der Waals surface area contributed by atoms with Gasteiger partial charge in [0.15, 0.2) is 0 Å². The maximum Gasteiger partial charge on any atom is 0.331 e. The minimum absolute atomic E-state index is 0.0791. The van der Waals surface area contributed by atoms with Gasteiger partial charge in [-0.1, -0.05) is 6.92 Å². The van der Waals surface area contributed by atoms with Crippen LogP contribution in [0.5, 0.6) is 0 Å². The lowest BCUT2D eigenvalue weighted by atomic mass is 10.3. The molecule has 0 saturated heterocycles. The SMILES string of the molecule is CCC(O)COCOCC(O)COC(=O)C=CC(=O)OC. The van der Waals surface area contributed by atoms with E-state index in [1.165, 1.54) is 7.11 Å². The van der Waals surface area contributed by atoms with Crippen molar-refractivity contribution in [1.29, 1.82) is 0 Å². The van der Waals surface area contributed by atoms with Crippen molar-refractivity contribution in [3.63, 3.8) is 0 Å². The topological polar surface area (TPSA) is 112 Å². The minimum Gasteiger partial charge on any atom is -0.466 e. The number of carbonyl (C=O) groups excluding carboxylic acids is 2. The largest absolute Gasteiger partial charge is 0.466 e. The first-order valence-corrected chi connectivity index (χ1v) is 6.44. The van der Waals surface area contributed by atoms with E-state index in [0.29, 0.717) is 6.42 Å². The molecule has 2 unspecified atom stereocenters. The van der Waals surface area contributed by atoms with Crippen molar-refractivity contribution >= 4 is 11.9 Å². The second kappa shape index (κ2) is 12.3. The first-order valence-electron chi connectivity index (χ1n) is 6.44. The minimum atomic E-state index is -1.01. The molecule has 0 aliphatic carbocycles. The van der Waals surface area contributed by atoms with E-state index in [0.717, 1.165) is 12.2 Å². The number of esters is 2. The second-order valence-corrected chi connectivity index (χ2v) is 4.06. The van der Waals surface area contributed by atoms with E-state index in [9.17, 15) is 19.8 Å². The van der Waals surface area contributed by atoms with Crippen LogP contribution in [0.25, 0.3) is 0 Å². The molecule has 0 rings (SSSR count). The van der Waals surface area contributed by atoms with Crippen molar-refractivity contribution in [3.8, 4) is 0 Å². The zero-order valence-corrected chi connectivity index (χ0v) is 12.2. The van der Waals surface area contributed by atoms with Gasteiger partial charge in [0.2, 0.25) is 0 Å². The Bertz CT molecular complexity index is 328. The fourth-order valence-electron chi connectivity index (χ4n) is 1.02. The number of aliphatic hydroxyl groups excluding tert-OH is 2. The number of aliphatic hydroxyl groups is 2. The summed E-state index contributed by atoms with van der Waals surface area (Å²) in [5, 5.41) is 18.6. The Labute approximate surface area is 123 Å². The van der Waals surface area contributed by atoms with Gasteiger partial charge in [0.1, 0.15) is 19.5 Å². The Balaban J connectivity index is 3.62. The molecule has 8 nitrogen and oxygen atoms in total. The lowest BCUT2D eigenvalue weighted by Gasteiger charge is -2.12. The maximum absolute atomic E-state index is 11.1. The quantitative estimate of drug-likeness (QED) is 0.225. The highest BCUT2D eigenvalue weighted by Crippen LogP contribution is 1.93. The third-order valence-corrected chi connectivity index (χ3v) is 2.23. The second-order valence-electron chi connectivity index (χ2n) is 4.06. The normalized spacial score (nSPS) is 13.9. The monoisotopic (exact) mass is 306 g/mol. The van der Waals surface area contributed by atoms with Gasteiger partial charge in [0, 0.05) is 12.2 Å². The standard InChI is InChI=1S/C13H22O8/c1-3-10(14)6-19-9-20-7-11(15)8-21-13(17)5-4-12(16)18-2/h4-5,10-11,14-15H,3,6-9H2,1-2H3. The number of carbonyl (C=O) groups is 2. The Morgan fingerprint density at radius 3 is 2.14 bits per heavy atom. The highest BCUT2D eigenvalue weighted by Gasteiger charge is 2.08. The van der Waals surface area contributed by atoms with Crippen LogP contribution in [0.1, 0.15) is 13.3 Å². The maximum atomic E-state index is 11.1. The fourth-order valence-corrected chi connectivity index (χ4v) is 1.02. The molecule has 8 heteroatoms. The first-order chi connectivity index (χ1) is 9.99. The van der Waals surface area contributed by atoms with Crippen LogP contribution in [0.3, 0.4) is 0 Å². The van der Waals surface area contributed by atoms with E-state index < -0.39 is 24.1 Å². The predicted molar refractivity (Wildman–Crippen MR) is 71.2 cm³/mol. The van der Waals surface area contributed by atoms with Crippen LogP contribution in [0.4, 0.5) is 0 Å². The molecule has 0 aliphatic heterocycles. The molecule has 0 spiro atoms. The number of hydrogen-bond donors (Lipinski definition) is 2. The molecule has 0 heterocycles. The molecule has 2 atom stereocenters. The van der Waals surface area contributed by atoms with Gasteiger partial charge in [0.25, 0.3) is 0 Å². The van der Waals surface area contributed by atoms with Crippen molar-refractivity contribution in [2.75, 3.05) is 33.7 Å². The van der Waals surface area contributed by atoms with Crippen molar-refractivity contribution < 1.29 is 38.7 Å². The van der Waals surface area contributed by atoms with E-state index in [4.69, 9.17) is 9.47 Å². The summed E-state index contributed by atoms with van der Waals surface area (Å²) in [6, 6.07) is 0. The Hall–Kier alpha value is -1.48. The summed E-state index contributed by atoms with van der Waals surface area (Å²) in [5.41, 5.74) is 0. The van der Waals surface area contributed by atoms with Gasteiger partial charge in [-0.2, -0.15) is 0 Å². The lowest BCUT2D eigenvalue weighted by Crippen LogP contribution is -2.24. The van der Waals surface area contributed by atoms with E-state index >= 15 is 0 Å². The van der Waals surface area contributed by atoms with Crippen LogP contribution >= 0.6 is 0 Å². The lowest BCUT2D eigenvalue weighted by molar-refractivity contribution is -0.145. The zero-order valence-electron chi connectivity index (χ0n) is 12.2. The Morgan fingerprint density at radius 1 is 1.00 bits per heavy atom. The molecular formula is C13H22O8. The number of ether oxygens (including phenoxy) is 4. The highest BCUT2D eigenvalue weighted by molar-refractivity contribution is 5.91. The summed E-state index contributed by atoms with van der Waals surface area (Å²) < 4.78 is 18.9. The summed E-state index contributed by atoms with van der Waals surface area (Å²) in [6.07, 6.45) is 0.839. The number of hydrogen-bond acceptors (Lipinski definition) is 8. The Morgan fingerprint density at radius 2 is 1.57 bits per heavy atom. The molecule has 122 valence electrons. The summed E-state index contributed by atoms with van der Waals surface area (Å²) in [7, 11) is 1.18. The molecule has 0 aliphatic rings. The molecule has 0 saturated carbocycles. The fraction of sp³-hybridized carbons (Fsp3) is 0.692. The van der Waals surface area contributed by atoms with Crippen LogP contribution in [-0.2, 0) is 28.5 Å². The van der Waals surface area contributed by atoms with E-state index in [-0.39, 0.29) is 26.6 Å². The molecule has 0 fully saturated rings. The highest BCUT2D eigenvalue weighted by atomic mass is 16.7. The molecule has 0 bridgehead atoms. The first kappa shape index (κ1) is 19.5. The van der Waals surface area contributed by atoms with Crippen LogP contribution < -0.4 is 0 Å². The van der Waals surface area contributed by atoms with Gasteiger partial charge in [-0.25, -0.2) is 9.59 Å². The molecule has 0 aromatic heterocycles. The third-order valence-electron chi connectivity index (χ3n) is 2.23. The summed E-state index contributed by atoms with van der Waals surface area (Å²) in [6.45, 7) is 1.53. The average Bonchev–Trinajstić information content (AvgIpc) is 2.49. The predicted octanol–water partition coefficient (Wildman–Crippen LogP) is -0.619. The van der Waals surface area contributed by atoms with E-state index in [1.54, 1.807) is 0 Å². The van der Waals surface area contributed by atoms with E-state index in [2.05, 4.69) is 9.47 Å². The molecule has 0 amide bonds. The molecule has 21 heavy (non-hydrogen) atoms. The van der Waals surface area contributed by atoms with Gasteiger partial charge in [-0.05, 0) is 6.42 Å². The summed E-state index contributed by atoms with van der Waals surface area (Å²) >= 11 is 0. The van der Waals surface area contributed by atoms with Gasteiger partial charge in [0.05, 0.1) is 26.4 Å². The van der Waals surface area contributed by atoms with Crippen LogP contribution in [0.2, 0.25) is 0 Å². The molecule has 2 N–H and O–H groups in total. The molecule has 0 aromatic carbocycles. The number of rotatable bonds is 11. The molecule has 0 radical (unpaired) electrons. The van der Waals surface area contributed by atoms with Crippen LogP contribution in [0.15, 0.2) is 12.2 Å². The van der Waals surface area contributed by atoms with Gasteiger partial charge >= 0.3 is 11.9 Å². The smallest absolute Gasteiger partial charge is 0.331 e. The van der Waals surface area contributed by atoms with Crippen molar-refractivity contribution in [2.24, 2.45) is 0 Å². The van der Waals surface area contributed by atoms with Gasteiger partial charge in [-0.3, -0.25) is 0 Å². The number of methoxy groups -OCH3 is 1. The summed E-state index contributed by atoms with van der Waals surface area (Å²) in [5.74, 6) is -1.45. The third kappa shape index (κ3) is 12.0. The molecule has 0 aromatic rings. The van der Waals surface area contributed by atoms with Crippen molar-refractivity contribution in [1.82, 2.24) is 0 Å². The molecular weight excluding hydrogens is 284 g/mol. The van der Waals surface area contributed by atoms with Gasteiger partial charge < -0.3 is 29.2 Å². The van der Waals surface area contributed by atoms with Gasteiger partial charge in [-0.15, -0.1) is 0 Å². The van der Waals surface area contributed by atoms with Crippen LogP contribution in [-0.4, -0.2) is 68.1 Å². The zero-order chi connectivity index (χ0) is 16.1. The van der Waals surface area contributed by atoms with Crippen molar-refractivity contribution in [2.45, 2.75) is 25.6 Å².